The molecule has 0 aromatic rings. The number of aliphatic hydroxyl groups excluding tert-OH is 2. The number of aliphatic hydroxyl groups is 3. The van der Waals surface area contributed by atoms with Gasteiger partial charge in [-0.3, -0.25) is 0 Å². The van der Waals surface area contributed by atoms with Crippen molar-refractivity contribution in [3.8, 4) is 0 Å². The van der Waals surface area contributed by atoms with E-state index in [4.69, 9.17) is 30.6 Å². The largest absolute Gasteiger partial charge is 0.479 e. The monoisotopic (exact) mass is 224 g/mol. The van der Waals surface area contributed by atoms with Crippen LogP contribution in [0.1, 0.15) is 0 Å². The van der Waals surface area contributed by atoms with Gasteiger partial charge in [-0.2, -0.15) is 0 Å². The van der Waals surface area contributed by atoms with Crippen molar-refractivity contribution in [3.63, 3.8) is 0 Å². The molecule has 2 atom stereocenters. The summed E-state index contributed by atoms with van der Waals surface area (Å²) in [6, 6.07) is 0. The lowest BCUT2D eigenvalue weighted by Crippen LogP contribution is -2.61. The molecule has 0 rings (SSSR count). The summed E-state index contributed by atoms with van der Waals surface area (Å²) >= 11 is 0. The average Bonchev–Trinajstić information content (AvgIpc) is 2.13. The Balaban J connectivity index is 5.20. The van der Waals surface area contributed by atoms with E-state index in [1.54, 1.807) is 0 Å². The SMILES string of the molecule is O=C(O)[C@@H](O)[C@@H](O)C(O)(C(=O)O)C(=O)O. The van der Waals surface area contributed by atoms with Gasteiger partial charge in [-0.15, -0.1) is 0 Å². The van der Waals surface area contributed by atoms with E-state index in [-0.39, 0.29) is 0 Å². The molecule has 6 N–H and O–H groups in total. The number of hydrogen-bond acceptors (Lipinski definition) is 6. The van der Waals surface area contributed by atoms with E-state index in [0.717, 1.165) is 0 Å². The van der Waals surface area contributed by atoms with Gasteiger partial charge in [-0.1, -0.05) is 0 Å². The van der Waals surface area contributed by atoms with Crippen LogP contribution in [0.5, 0.6) is 0 Å². The predicted octanol–water partition coefficient (Wildman–Crippen LogP) is -3.31. The van der Waals surface area contributed by atoms with Crippen LogP contribution in [-0.2, 0) is 14.4 Å². The third kappa shape index (κ3) is 2.21. The highest BCUT2D eigenvalue weighted by Crippen LogP contribution is 2.15. The fourth-order valence-electron chi connectivity index (χ4n) is 0.708. The van der Waals surface area contributed by atoms with Crippen LogP contribution in [0.3, 0.4) is 0 Å². The van der Waals surface area contributed by atoms with Gasteiger partial charge in [-0.25, -0.2) is 14.4 Å². The molecule has 0 bridgehead atoms. The van der Waals surface area contributed by atoms with Gasteiger partial charge in [-0.05, 0) is 0 Å². The molecule has 0 saturated heterocycles. The van der Waals surface area contributed by atoms with Gasteiger partial charge in [0.2, 0.25) is 0 Å². The van der Waals surface area contributed by atoms with E-state index in [0.29, 0.717) is 0 Å². The molecule has 15 heavy (non-hydrogen) atoms. The molecule has 9 heteroatoms. The zero-order chi connectivity index (χ0) is 12.4. The first-order valence-corrected chi connectivity index (χ1v) is 3.43. The number of hydrogen-bond donors (Lipinski definition) is 6. The Morgan fingerprint density at radius 2 is 1.27 bits per heavy atom. The summed E-state index contributed by atoms with van der Waals surface area (Å²) < 4.78 is 0. The van der Waals surface area contributed by atoms with Gasteiger partial charge in [0.05, 0.1) is 0 Å². The standard InChI is InChI=1S/C6H8O9/c7-1(3(9)10)2(8)6(15,4(11)12)5(13)14/h1-2,7-8,15H,(H,9,10)(H,11,12)(H,13,14)/t1-,2+/m0/s1. The number of carbonyl (C=O) groups is 3. The number of carboxylic acid groups (broad SMARTS) is 3. The lowest BCUT2D eigenvalue weighted by molar-refractivity contribution is -0.199. The van der Waals surface area contributed by atoms with Crippen LogP contribution in [-0.4, -0.2) is 66.4 Å². The number of rotatable bonds is 5. The Bertz CT molecular complexity index is 281. The third-order valence-electron chi connectivity index (χ3n) is 1.63. The van der Waals surface area contributed by atoms with Crippen molar-refractivity contribution < 1.29 is 45.0 Å². The summed E-state index contributed by atoms with van der Waals surface area (Å²) in [6.45, 7) is 0. The topological polar surface area (TPSA) is 173 Å². The van der Waals surface area contributed by atoms with Crippen molar-refractivity contribution in [2.24, 2.45) is 0 Å². The first-order chi connectivity index (χ1) is 6.65. The Morgan fingerprint density at radius 3 is 1.47 bits per heavy atom. The van der Waals surface area contributed by atoms with Crippen molar-refractivity contribution in [2.45, 2.75) is 17.8 Å². The van der Waals surface area contributed by atoms with Gasteiger partial charge < -0.3 is 30.6 Å². The highest BCUT2D eigenvalue weighted by atomic mass is 16.5. The second-order valence-corrected chi connectivity index (χ2v) is 2.60. The molecule has 0 amide bonds. The van der Waals surface area contributed by atoms with Crippen molar-refractivity contribution in [1.82, 2.24) is 0 Å². The summed E-state index contributed by atoms with van der Waals surface area (Å²) in [5.74, 6) is -6.84. The minimum atomic E-state index is -3.78. The van der Waals surface area contributed by atoms with Crippen molar-refractivity contribution in [2.75, 3.05) is 0 Å². The molecule has 86 valence electrons. The molecular formula is C6H8O9. The van der Waals surface area contributed by atoms with Crippen LogP contribution in [0.4, 0.5) is 0 Å². The van der Waals surface area contributed by atoms with E-state index in [1.165, 1.54) is 0 Å². The zero-order valence-electron chi connectivity index (χ0n) is 7.06. The molecular weight excluding hydrogens is 216 g/mol. The average molecular weight is 224 g/mol. The molecule has 0 saturated carbocycles. The quantitative estimate of drug-likeness (QED) is 0.261. The highest BCUT2D eigenvalue weighted by Gasteiger charge is 2.55. The molecule has 0 aliphatic heterocycles. The van der Waals surface area contributed by atoms with Gasteiger partial charge in [0, 0.05) is 0 Å². The molecule has 0 heterocycles. The zero-order valence-corrected chi connectivity index (χ0v) is 7.06. The maximum Gasteiger partial charge on any atom is 0.350 e. The van der Waals surface area contributed by atoms with Crippen LogP contribution in [0, 0.1) is 0 Å². The van der Waals surface area contributed by atoms with E-state index in [1.807, 2.05) is 0 Å². The van der Waals surface area contributed by atoms with Gasteiger partial charge in [0.25, 0.3) is 5.60 Å². The first-order valence-electron chi connectivity index (χ1n) is 3.43. The molecule has 9 nitrogen and oxygen atoms in total. The van der Waals surface area contributed by atoms with Crippen LogP contribution >= 0.6 is 0 Å². The van der Waals surface area contributed by atoms with Crippen LogP contribution in [0.25, 0.3) is 0 Å². The third-order valence-corrected chi connectivity index (χ3v) is 1.63. The second kappa shape index (κ2) is 4.21. The molecule has 0 spiro atoms. The lowest BCUT2D eigenvalue weighted by Gasteiger charge is -2.25. The smallest absolute Gasteiger partial charge is 0.350 e. The predicted molar refractivity (Wildman–Crippen MR) is 39.9 cm³/mol. The Kier molecular flexibility index (Phi) is 3.73. The maximum atomic E-state index is 10.3. The Labute approximate surface area is 81.8 Å². The summed E-state index contributed by atoms with van der Waals surface area (Å²) in [5.41, 5.74) is -3.78. The molecule has 0 aliphatic carbocycles. The first kappa shape index (κ1) is 13.3. The van der Waals surface area contributed by atoms with Crippen LogP contribution < -0.4 is 0 Å². The molecule has 0 aromatic carbocycles. The summed E-state index contributed by atoms with van der Waals surface area (Å²) in [5, 5.41) is 51.4. The molecule has 0 aromatic heterocycles. The van der Waals surface area contributed by atoms with E-state index < -0.39 is 35.7 Å². The molecule has 0 fully saturated rings. The second-order valence-electron chi connectivity index (χ2n) is 2.60. The van der Waals surface area contributed by atoms with Crippen LogP contribution in [0.2, 0.25) is 0 Å². The van der Waals surface area contributed by atoms with Crippen molar-refractivity contribution in [3.05, 3.63) is 0 Å². The minimum Gasteiger partial charge on any atom is -0.479 e. The summed E-state index contributed by atoms with van der Waals surface area (Å²) in [6.07, 6.45) is -5.63. The Hall–Kier alpha value is -1.71. The fraction of sp³-hybridized carbons (Fsp3) is 0.500. The lowest BCUT2D eigenvalue weighted by atomic mass is 9.93. The number of carboxylic acids is 3. The molecule has 0 radical (unpaired) electrons. The van der Waals surface area contributed by atoms with Crippen molar-refractivity contribution >= 4 is 17.9 Å². The van der Waals surface area contributed by atoms with Gasteiger partial charge >= 0.3 is 17.9 Å². The Morgan fingerprint density at radius 1 is 0.933 bits per heavy atom. The van der Waals surface area contributed by atoms with E-state index in [2.05, 4.69) is 0 Å². The van der Waals surface area contributed by atoms with Gasteiger partial charge in [0.15, 0.2) is 6.10 Å². The van der Waals surface area contributed by atoms with Crippen LogP contribution in [0.15, 0.2) is 0 Å². The highest BCUT2D eigenvalue weighted by molar-refractivity contribution is 6.03. The summed E-state index contributed by atoms with van der Waals surface area (Å²) in [7, 11) is 0. The van der Waals surface area contributed by atoms with E-state index in [9.17, 15) is 14.4 Å². The minimum absolute atomic E-state index is 2.07. The maximum absolute atomic E-state index is 10.3. The summed E-state index contributed by atoms with van der Waals surface area (Å²) in [4.78, 5) is 30.8. The normalized spacial score (nSPS) is 15.4. The fourth-order valence-corrected chi connectivity index (χ4v) is 0.708. The number of aliphatic carboxylic acids is 3. The van der Waals surface area contributed by atoms with Gasteiger partial charge in [0.1, 0.15) is 6.10 Å². The van der Waals surface area contributed by atoms with E-state index >= 15 is 0 Å². The molecule has 0 unspecified atom stereocenters. The molecule has 0 aliphatic rings. The van der Waals surface area contributed by atoms with Crippen molar-refractivity contribution in [1.29, 1.82) is 0 Å².